The Hall–Kier alpha value is -5.53. The SMILES string of the molecule is CCN([C@H]1CC[C@H](C(=O)OC)CC1)S(=O)(=O)c1cccc(C(=O)Nc2ccc(N3CCCC3)cc2C(=O)Nc2ccc(CCc3ccc(C(=O)OC)cc3)cc2)c1. The van der Waals surface area contributed by atoms with Crippen LogP contribution in [-0.4, -0.2) is 76.4 Å². The van der Waals surface area contributed by atoms with Crippen molar-refractivity contribution < 1.29 is 37.1 Å². The van der Waals surface area contributed by atoms with Crippen molar-refractivity contribution in [2.75, 3.05) is 49.4 Å². The Balaban J connectivity index is 1.15. The second kappa shape index (κ2) is 18.6. The molecule has 1 saturated heterocycles. The highest BCUT2D eigenvalue weighted by Crippen LogP contribution is 2.32. The molecule has 2 aliphatic rings. The van der Waals surface area contributed by atoms with Gasteiger partial charge in [-0.15, -0.1) is 0 Å². The van der Waals surface area contributed by atoms with Crippen LogP contribution in [0, 0.1) is 5.92 Å². The number of rotatable bonds is 14. The fourth-order valence-electron chi connectivity index (χ4n) is 7.69. The Labute approximate surface area is 334 Å². The van der Waals surface area contributed by atoms with Crippen molar-refractivity contribution >= 4 is 50.8 Å². The van der Waals surface area contributed by atoms with Crippen LogP contribution < -0.4 is 15.5 Å². The number of nitrogens with zero attached hydrogens (tertiary/aromatic N) is 2. The molecule has 0 aromatic heterocycles. The van der Waals surface area contributed by atoms with Crippen molar-refractivity contribution in [2.45, 2.75) is 69.2 Å². The molecule has 2 N–H and O–H groups in total. The molecule has 0 radical (unpaired) electrons. The lowest BCUT2D eigenvalue weighted by Gasteiger charge is -2.34. The third kappa shape index (κ3) is 9.89. The first kappa shape index (κ1) is 41.1. The summed E-state index contributed by atoms with van der Waals surface area (Å²) in [6.07, 6.45) is 5.78. The minimum Gasteiger partial charge on any atom is -0.469 e. The van der Waals surface area contributed by atoms with Crippen molar-refractivity contribution in [3.63, 3.8) is 0 Å². The van der Waals surface area contributed by atoms with Crippen molar-refractivity contribution in [3.8, 4) is 0 Å². The maximum Gasteiger partial charge on any atom is 0.337 e. The number of sulfonamides is 1. The summed E-state index contributed by atoms with van der Waals surface area (Å²) in [6, 6.07) is 25.9. The van der Waals surface area contributed by atoms with Crippen LogP contribution in [0.25, 0.3) is 0 Å². The lowest BCUT2D eigenvalue weighted by molar-refractivity contribution is -0.146. The second-order valence-corrected chi connectivity index (χ2v) is 16.4. The summed E-state index contributed by atoms with van der Waals surface area (Å²) < 4.78 is 39.0. The second-order valence-electron chi connectivity index (χ2n) is 14.5. The molecule has 13 heteroatoms. The van der Waals surface area contributed by atoms with E-state index < -0.39 is 21.8 Å². The topological polar surface area (TPSA) is 151 Å². The molecule has 4 aromatic carbocycles. The molecule has 2 fully saturated rings. The smallest absolute Gasteiger partial charge is 0.337 e. The summed E-state index contributed by atoms with van der Waals surface area (Å²) in [4.78, 5) is 53.7. The van der Waals surface area contributed by atoms with E-state index in [1.54, 1.807) is 37.3 Å². The Bertz CT molecular complexity index is 2180. The Morgan fingerprint density at radius 1 is 0.737 bits per heavy atom. The predicted molar refractivity (Wildman–Crippen MR) is 219 cm³/mol. The molecule has 1 saturated carbocycles. The zero-order valence-corrected chi connectivity index (χ0v) is 33.5. The number of amides is 2. The number of hydrogen-bond donors (Lipinski definition) is 2. The lowest BCUT2D eigenvalue weighted by atomic mass is 9.86. The number of hydrogen-bond acceptors (Lipinski definition) is 9. The van der Waals surface area contributed by atoms with E-state index in [1.165, 1.54) is 36.7 Å². The molecule has 57 heavy (non-hydrogen) atoms. The Morgan fingerprint density at radius 2 is 1.39 bits per heavy atom. The number of aryl methyl sites for hydroxylation is 2. The van der Waals surface area contributed by atoms with E-state index in [1.807, 2.05) is 42.5 Å². The van der Waals surface area contributed by atoms with Gasteiger partial charge in [0.2, 0.25) is 10.0 Å². The van der Waals surface area contributed by atoms with Gasteiger partial charge in [-0.3, -0.25) is 14.4 Å². The summed E-state index contributed by atoms with van der Waals surface area (Å²) in [5, 5.41) is 5.86. The number of esters is 2. The molecule has 2 amide bonds. The number of benzene rings is 4. The molecule has 4 aromatic rings. The molecule has 12 nitrogen and oxygen atoms in total. The third-order valence-electron chi connectivity index (χ3n) is 10.9. The van der Waals surface area contributed by atoms with Gasteiger partial charge in [-0.2, -0.15) is 4.31 Å². The van der Waals surface area contributed by atoms with Gasteiger partial charge >= 0.3 is 11.9 Å². The Morgan fingerprint density at radius 3 is 2.00 bits per heavy atom. The van der Waals surface area contributed by atoms with E-state index in [2.05, 4.69) is 15.5 Å². The van der Waals surface area contributed by atoms with Gasteiger partial charge in [0.1, 0.15) is 0 Å². The first-order valence-corrected chi connectivity index (χ1v) is 20.9. The molecule has 1 aliphatic heterocycles. The summed E-state index contributed by atoms with van der Waals surface area (Å²) in [7, 11) is -1.25. The molecule has 1 aliphatic carbocycles. The highest BCUT2D eigenvalue weighted by atomic mass is 32.2. The predicted octanol–water partition coefficient (Wildman–Crippen LogP) is 7.11. The van der Waals surface area contributed by atoms with Gasteiger partial charge in [0.25, 0.3) is 11.8 Å². The van der Waals surface area contributed by atoms with Crippen LogP contribution in [0.4, 0.5) is 17.1 Å². The average Bonchev–Trinajstić information content (AvgIpc) is 3.79. The van der Waals surface area contributed by atoms with E-state index >= 15 is 0 Å². The van der Waals surface area contributed by atoms with Gasteiger partial charge in [0.15, 0.2) is 0 Å². The summed E-state index contributed by atoms with van der Waals surface area (Å²) in [5.74, 6) is -1.84. The van der Waals surface area contributed by atoms with Gasteiger partial charge < -0.3 is 25.0 Å². The van der Waals surface area contributed by atoms with Crippen LogP contribution in [0.1, 0.15) is 87.6 Å². The molecule has 0 atom stereocenters. The molecule has 1 heterocycles. The van der Waals surface area contributed by atoms with E-state index in [9.17, 15) is 27.6 Å². The maximum absolute atomic E-state index is 13.9. The lowest BCUT2D eigenvalue weighted by Crippen LogP contribution is -2.43. The minimum absolute atomic E-state index is 0.00523. The average molecular weight is 795 g/mol. The number of ether oxygens (including phenoxy) is 2. The van der Waals surface area contributed by atoms with E-state index in [-0.39, 0.29) is 46.5 Å². The van der Waals surface area contributed by atoms with Crippen LogP contribution in [0.2, 0.25) is 0 Å². The largest absolute Gasteiger partial charge is 0.469 e. The minimum atomic E-state index is -3.97. The maximum atomic E-state index is 13.9. The number of anilines is 3. The highest BCUT2D eigenvalue weighted by molar-refractivity contribution is 7.89. The van der Waals surface area contributed by atoms with E-state index in [4.69, 9.17) is 9.47 Å². The van der Waals surface area contributed by atoms with Gasteiger partial charge in [-0.05, 0) is 123 Å². The van der Waals surface area contributed by atoms with Gasteiger partial charge in [0.05, 0.1) is 41.8 Å². The molecular formula is C44H50N4O8S. The fraction of sp³-hybridized carbons (Fsp3) is 0.364. The van der Waals surface area contributed by atoms with Crippen molar-refractivity contribution in [3.05, 3.63) is 119 Å². The van der Waals surface area contributed by atoms with Crippen LogP contribution in [-0.2, 0) is 37.1 Å². The molecule has 0 bridgehead atoms. The standard InChI is InChI=1S/C44H50N4O8S/c1-4-48(36-22-18-33(19-23-36)44(52)56-3)57(53,54)38-9-7-8-34(28-38)41(49)46-40-25-24-37(47-26-5-6-27-47)29-39(40)42(50)45-35-20-14-31(15-21-35)11-10-30-12-16-32(17-13-30)43(51)55-2/h7-9,12-17,20-21,24-25,28-29,33,36H,4-6,10-11,18-19,22-23,26-27H2,1-3H3,(H,45,50)(H,46,49)/t33-,36-. The normalized spacial score (nSPS) is 16.9. The fourth-order valence-corrected chi connectivity index (χ4v) is 9.43. The number of nitrogens with one attached hydrogen (secondary N) is 2. The number of carbonyl (C=O) groups is 4. The molecule has 0 spiro atoms. The van der Waals surface area contributed by atoms with E-state index in [0.717, 1.165) is 55.6 Å². The van der Waals surface area contributed by atoms with Crippen molar-refractivity contribution in [1.29, 1.82) is 0 Å². The quantitative estimate of drug-likeness (QED) is 0.127. The number of methoxy groups -OCH3 is 2. The van der Waals surface area contributed by atoms with E-state index in [0.29, 0.717) is 42.6 Å². The molecule has 0 unspecified atom stereocenters. The van der Waals surface area contributed by atoms with Gasteiger partial charge in [-0.1, -0.05) is 37.3 Å². The zero-order chi connectivity index (χ0) is 40.5. The summed E-state index contributed by atoms with van der Waals surface area (Å²) in [6.45, 7) is 3.76. The first-order valence-electron chi connectivity index (χ1n) is 19.5. The Kier molecular flexibility index (Phi) is 13.4. The first-order chi connectivity index (χ1) is 27.5. The molecule has 6 rings (SSSR count). The van der Waals surface area contributed by atoms with Crippen LogP contribution >= 0.6 is 0 Å². The molecule has 300 valence electrons. The van der Waals surface area contributed by atoms with Crippen molar-refractivity contribution in [1.82, 2.24) is 4.31 Å². The van der Waals surface area contributed by atoms with Crippen molar-refractivity contribution in [2.24, 2.45) is 5.92 Å². The summed E-state index contributed by atoms with van der Waals surface area (Å²) >= 11 is 0. The zero-order valence-electron chi connectivity index (χ0n) is 32.7. The third-order valence-corrected chi connectivity index (χ3v) is 12.9. The van der Waals surface area contributed by atoms with Gasteiger partial charge in [0, 0.05) is 42.6 Å². The summed E-state index contributed by atoms with van der Waals surface area (Å²) in [5.41, 5.74) is 4.82. The van der Waals surface area contributed by atoms with Gasteiger partial charge in [-0.25, -0.2) is 13.2 Å². The number of carbonyl (C=O) groups excluding carboxylic acids is 4. The molecular weight excluding hydrogens is 745 g/mol. The van der Waals surface area contributed by atoms with Crippen LogP contribution in [0.3, 0.4) is 0 Å². The monoisotopic (exact) mass is 794 g/mol. The van der Waals surface area contributed by atoms with Crippen LogP contribution in [0.15, 0.2) is 95.9 Å². The highest BCUT2D eigenvalue weighted by Gasteiger charge is 2.35. The van der Waals surface area contributed by atoms with Crippen LogP contribution in [0.5, 0.6) is 0 Å².